The number of hydrogen-bond acceptors (Lipinski definition) is 4. The molecule has 100 valence electrons. The molecule has 2 fully saturated rings. The zero-order valence-electron chi connectivity index (χ0n) is 11.6. The molecule has 1 N–H and O–H groups in total. The monoisotopic (exact) mass is 256 g/mol. The number of piperidine rings is 1. The zero-order chi connectivity index (χ0) is 13.4. The van der Waals surface area contributed by atoms with Crippen LogP contribution < -0.4 is 10.2 Å². The van der Waals surface area contributed by atoms with Gasteiger partial charge in [-0.3, -0.25) is 0 Å². The van der Waals surface area contributed by atoms with E-state index in [0.29, 0.717) is 5.92 Å². The number of nitrogens with zero attached hydrogens (tertiary/aromatic N) is 3. The van der Waals surface area contributed by atoms with Crippen molar-refractivity contribution >= 4 is 5.82 Å². The summed E-state index contributed by atoms with van der Waals surface area (Å²) in [6.07, 6.45) is 1.21. The minimum atomic E-state index is 0.711. The van der Waals surface area contributed by atoms with Crippen LogP contribution in [0, 0.1) is 37.0 Å². The van der Waals surface area contributed by atoms with Gasteiger partial charge in [0.25, 0.3) is 0 Å². The quantitative estimate of drug-likeness (QED) is 0.829. The molecule has 2 aliphatic heterocycles. The van der Waals surface area contributed by atoms with Crippen molar-refractivity contribution in [3.63, 3.8) is 0 Å². The molecule has 2 unspecified atom stereocenters. The normalized spacial score (nSPS) is 26.1. The molecular weight excluding hydrogens is 236 g/mol. The minimum absolute atomic E-state index is 0.711. The summed E-state index contributed by atoms with van der Waals surface area (Å²) in [4.78, 5) is 6.94. The summed E-state index contributed by atoms with van der Waals surface area (Å²) in [6.45, 7) is 8.32. The molecule has 19 heavy (non-hydrogen) atoms. The van der Waals surface area contributed by atoms with Crippen LogP contribution in [0.4, 0.5) is 5.82 Å². The highest BCUT2D eigenvalue weighted by Crippen LogP contribution is 2.31. The van der Waals surface area contributed by atoms with Gasteiger partial charge in [0.15, 0.2) is 0 Å². The van der Waals surface area contributed by atoms with Crippen molar-refractivity contribution in [3.05, 3.63) is 22.9 Å². The van der Waals surface area contributed by atoms with Crippen molar-refractivity contribution in [3.8, 4) is 6.07 Å². The summed E-state index contributed by atoms with van der Waals surface area (Å²) in [7, 11) is 0. The molecule has 0 aliphatic carbocycles. The number of anilines is 1. The van der Waals surface area contributed by atoms with Crippen LogP contribution in [0.1, 0.15) is 23.2 Å². The Labute approximate surface area is 114 Å². The molecule has 0 aromatic carbocycles. The molecule has 2 saturated heterocycles. The topological polar surface area (TPSA) is 52.0 Å². The summed E-state index contributed by atoms with van der Waals surface area (Å²) in [5.41, 5.74) is 2.78. The van der Waals surface area contributed by atoms with Gasteiger partial charge in [0.1, 0.15) is 11.9 Å². The third-order valence-electron chi connectivity index (χ3n) is 4.44. The number of nitrogens with one attached hydrogen (secondary N) is 1. The van der Waals surface area contributed by atoms with Crippen LogP contribution in [-0.4, -0.2) is 31.2 Å². The lowest BCUT2D eigenvalue weighted by Crippen LogP contribution is -2.41. The molecular formula is C15H20N4. The van der Waals surface area contributed by atoms with Gasteiger partial charge in [0.05, 0.1) is 5.56 Å². The first-order chi connectivity index (χ1) is 9.19. The fourth-order valence-corrected chi connectivity index (χ4v) is 3.41. The molecule has 4 nitrogen and oxygen atoms in total. The van der Waals surface area contributed by atoms with E-state index in [1.807, 2.05) is 19.9 Å². The van der Waals surface area contributed by atoms with Crippen LogP contribution in [0.3, 0.4) is 0 Å². The average Bonchev–Trinajstić information content (AvgIpc) is 2.85. The Kier molecular flexibility index (Phi) is 3.16. The van der Waals surface area contributed by atoms with E-state index in [9.17, 15) is 5.26 Å². The van der Waals surface area contributed by atoms with E-state index in [1.165, 1.54) is 6.42 Å². The van der Waals surface area contributed by atoms with Crippen LogP contribution in [-0.2, 0) is 0 Å². The van der Waals surface area contributed by atoms with Crippen molar-refractivity contribution < 1.29 is 0 Å². The van der Waals surface area contributed by atoms with E-state index in [4.69, 9.17) is 0 Å². The van der Waals surface area contributed by atoms with E-state index in [1.54, 1.807) is 0 Å². The Morgan fingerprint density at radius 1 is 1.37 bits per heavy atom. The molecule has 2 aliphatic rings. The highest BCUT2D eigenvalue weighted by molar-refractivity contribution is 5.58. The molecule has 0 spiro atoms. The number of pyridine rings is 1. The Balaban J connectivity index is 1.92. The van der Waals surface area contributed by atoms with Gasteiger partial charge < -0.3 is 10.2 Å². The van der Waals surface area contributed by atoms with Gasteiger partial charge in [-0.2, -0.15) is 5.26 Å². The van der Waals surface area contributed by atoms with Gasteiger partial charge in [-0.05, 0) is 56.8 Å². The lowest BCUT2D eigenvalue weighted by molar-refractivity contribution is 0.347. The predicted octanol–water partition coefficient (Wildman–Crippen LogP) is 1.62. The van der Waals surface area contributed by atoms with Gasteiger partial charge in [-0.15, -0.1) is 0 Å². The van der Waals surface area contributed by atoms with Gasteiger partial charge >= 0.3 is 0 Å². The van der Waals surface area contributed by atoms with Crippen LogP contribution in [0.5, 0.6) is 0 Å². The van der Waals surface area contributed by atoms with Gasteiger partial charge in [-0.25, -0.2) is 4.98 Å². The second-order valence-electron chi connectivity index (χ2n) is 5.80. The Morgan fingerprint density at radius 2 is 2.16 bits per heavy atom. The molecule has 1 aromatic rings. The maximum atomic E-state index is 9.38. The average molecular weight is 256 g/mol. The van der Waals surface area contributed by atoms with Gasteiger partial charge in [-0.1, -0.05) is 0 Å². The summed E-state index contributed by atoms with van der Waals surface area (Å²) in [5, 5.41) is 12.9. The first-order valence-electron chi connectivity index (χ1n) is 7.03. The first kappa shape index (κ1) is 12.4. The molecule has 1 aromatic heterocycles. The summed E-state index contributed by atoms with van der Waals surface area (Å²) < 4.78 is 0. The molecule has 2 atom stereocenters. The van der Waals surface area contributed by atoms with E-state index in [-0.39, 0.29) is 0 Å². The van der Waals surface area contributed by atoms with Gasteiger partial charge in [0, 0.05) is 18.8 Å². The number of aromatic nitrogens is 1. The van der Waals surface area contributed by atoms with Crippen molar-refractivity contribution in [1.29, 1.82) is 5.26 Å². The van der Waals surface area contributed by atoms with Crippen LogP contribution >= 0.6 is 0 Å². The maximum Gasteiger partial charge on any atom is 0.147 e. The molecule has 0 radical (unpaired) electrons. The largest absolute Gasteiger partial charge is 0.355 e. The smallest absolute Gasteiger partial charge is 0.147 e. The molecule has 4 heteroatoms. The molecule has 3 rings (SSSR count). The van der Waals surface area contributed by atoms with Crippen LogP contribution in [0.15, 0.2) is 6.07 Å². The lowest BCUT2D eigenvalue weighted by Gasteiger charge is -2.36. The van der Waals surface area contributed by atoms with Crippen LogP contribution in [0.25, 0.3) is 0 Å². The standard InChI is InChI=1S/C15H20N4/c1-10-5-11(2)18-15(14(10)6-16)19-4-3-12-7-17-8-13(12)9-19/h5,12-13,17H,3-4,7-9H2,1-2H3. The fraction of sp³-hybridized carbons (Fsp3) is 0.600. The maximum absolute atomic E-state index is 9.38. The molecule has 0 amide bonds. The lowest BCUT2D eigenvalue weighted by atomic mass is 9.88. The molecule has 0 saturated carbocycles. The van der Waals surface area contributed by atoms with E-state index < -0.39 is 0 Å². The number of fused-ring (bicyclic) bond motifs is 1. The minimum Gasteiger partial charge on any atom is -0.355 e. The first-order valence-corrected chi connectivity index (χ1v) is 7.03. The molecule has 3 heterocycles. The van der Waals surface area contributed by atoms with Gasteiger partial charge in [0.2, 0.25) is 0 Å². The van der Waals surface area contributed by atoms with Crippen molar-refractivity contribution in [2.24, 2.45) is 11.8 Å². The Morgan fingerprint density at radius 3 is 2.95 bits per heavy atom. The van der Waals surface area contributed by atoms with E-state index in [2.05, 4.69) is 21.3 Å². The fourth-order valence-electron chi connectivity index (χ4n) is 3.41. The summed E-state index contributed by atoms with van der Waals surface area (Å²) >= 11 is 0. The summed E-state index contributed by atoms with van der Waals surface area (Å²) in [6, 6.07) is 4.32. The summed E-state index contributed by atoms with van der Waals surface area (Å²) in [5.74, 6) is 2.42. The second-order valence-corrected chi connectivity index (χ2v) is 5.80. The van der Waals surface area contributed by atoms with E-state index >= 15 is 0 Å². The van der Waals surface area contributed by atoms with Crippen molar-refractivity contribution in [1.82, 2.24) is 10.3 Å². The zero-order valence-corrected chi connectivity index (χ0v) is 11.6. The highest BCUT2D eigenvalue weighted by atomic mass is 15.2. The SMILES string of the molecule is Cc1cc(C)c(C#N)c(N2CCC3CNCC3C2)n1. The number of nitriles is 1. The second kappa shape index (κ2) is 4.82. The Hall–Kier alpha value is -1.60. The highest BCUT2D eigenvalue weighted by Gasteiger charge is 2.34. The number of hydrogen-bond donors (Lipinski definition) is 1. The molecule has 0 bridgehead atoms. The third kappa shape index (κ3) is 2.19. The number of aryl methyl sites for hydroxylation is 2. The van der Waals surface area contributed by atoms with E-state index in [0.717, 1.165) is 54.7 Å². The third-order valence-corrected chi connectivity index (χ3v) is 4.44. The van der Waals surface area contributed by atoms with Crippen molar-refractivity contribution in [2.75, 3.05) is 31.1 Å². The Bertz CT molecular complexity index is 532. The van der Waals surface area contributed by atoms with Crippen LogP contribution in [0.2, 0.25) is 0 Å². The van der Waals surface area contributed by atoms with Crippen molar-refractivity contribution in [2.45, 2.75) is 20.3 Å². The predicted molar refractivity (Wildman–Crippen MR) is 75.1 cm³/mol. The number of rotatable bonds is 1.